The van der Waals surface area contributed by atoms with E-state index in [0.717, 1.165) is 38.1 Å². The molecule has 0 aliphatic carbocycles. The van der Waals surface area contributed by atoms with Gasteiger partial charge in [-0.25, -0.2) is 9.59 Å². The molecule has 0 radical (unpaired) electrons. The quantitative estimate of drug-likeness (QED) is 0.0641. The van der Waals surface area contributed by atoms with Gasteiger partial charge in [-0.2, -0.15) is 0 Å². The highest BCUT2D eigenvalue weighted by Gasteiger charge is 2.54. The predicted octanol–water partition coefficient (Wildman–Crippen LogP) is 4.84. The van der Waals surface area contributed by atoms with Crippen LogP contribution in [0.3, 0.4) is 0 Å². The Bertz CT molecular complexity index is 2500. The molecule has 0 unspecified atom stereocenters. The summed E-state index contributed by atoms with van der Waals surface area (Å²) in [4.78, 5) is 65.8. The number of benzene rings is 4. The Morgan fingerprint density at radius 3 is 1.75 bits per heavy atom. The Balaban J connectivity index is 1.42. The summed E-state index contributed by atoms with van der Waals surface area (Å²) in [6.07, 6.45) is -3.98. The first-order valence-corrected chi connectivity index (χ1v) is 18.0. The van der Waals surface area contributed by atoms with E-state index in [9.17, 15) is 49.5 Å². The average molecular weight is 825 g/mol. The highest BCUT2D eigenvalue weighted by molar-refractivity contribution is 5.89. The molecule has 1 aromatic heterocycles. The predicted molar refractivity (Wildman–Crippen MR) is 208 cm³/mol. The molecule has 1 aliphatic rings. The summed E-state index contributed by atoms with van der Waals surface area (Å²) in [6, 6.07) is 18.9. The molecule has 0 amide bonds. The maximum atomic E-state index is 14.2. The fourth-order valence-electron chi connectivity index (χ4n) is 6.07. The van der Waals surface area contributed by atoms with Gasteiger partial charge >= 0.3 is 23.9 Å². The molecule has 310 valence electrons. The zero-order chi connectivity index (χ0) is 43.1. The molecule has 1 aliphatic heterocycles. The van der Waals surface area contributed by atoms with Gasteiger partial charge in [-0.3, -0.25) is 14.4 Å². The summed E-state index contributed by atoms with van der Waals surface area (Å²) in [5.41, 5.74) is -0.138. The van der Waals surface area contributed by atoms with Crippen LogP contribution in [-0.4, -0.2) is 86.7 Å². The van der Waals surface area contributed by atoms with Gasteiger partial charge in [-0.1, -0.05) is 24.3 Å². The molecular formula is C43H36O17. The third-order valence-electron chi connectivity index (χ3n) is 8.73. The van der Waals surface area contributed by atoms with Crippen molar-refractivity contribution >= 4 is 47.0 Å². The van der Waals surface area contributed by atoms with Crippen LogP contribution in [0.15, 0.2) is 106 Å². The molecule has 0 spiro atoms. The molecule has 1 saturated heterocycles. The number of phenolic OH excluding ortho intramolecular Hbond substituents is 5. The SMILES string of the molecule is CC(=O)O[C@H]1[C@H](OC(C)=O)[C@@H](Oc2c(-c3ccc(O)cc3)oc3cc(O)cc(O)c3c2=O)O[C@H](COC(=O)C=Cc2ccc(O)cc2)[C@H]1OC(=O)C=Cc1ccc(O)cc1. The van der Waals surface area contributed by atoms with Crippen LogP contribution in [0.4, 0.5) is 0 Å². The van der Waals surface area contributed by atoms with E-state index in [0.29, 0.717) is 11.1 Å². The molecule has 17 heteroatoms. The lowest BCUT2D eigenvalue weighted by Crippen LogP contribution is -2.63. The highest BCUT2D eigenvalue weighted by Crippen LogP contribution is 2.38. The molecule has 60 heavy (non-hydrogen) atoms. The molecule has 5 aromatic rings. The van der Waals surface area contributed by atoms with E-state index < -0.39 is 89.3 Å². The number of hydrogen-bond donors (Lipinski definition) is 5. The van der Waals surface area contributed by atoms with E-state index in [1.807, 2.05) is 0 Å². The van der Waals surface area contributed by atoms with Gasteiger partial charge in [0, 0.05) is 43.7 Å². The highest BCUT2D eigenvalue weighted by atomic mass is 16.7. The average Bonchev–Trinajstić information content (AvgIpc) is 3.19. The van der Waals surface area contributed by atoms with E-state index in [-0.39, 0.29) is 34.2 Å². The number of rotatable bonds is 12. The van der Waals surface area contributed by atoms with Crippen LogP contribution in [0.5, 0.6) is 34.5 Å². The van der Waals surface area contributed by atoms with Crippen molar-refractivity contribution in [1.29, 1.82) is 0 Å². The van der Waals surface area contributed by atoms with E-state index in [1.165, 1.54) is 84.9 Å². The van der Waals surface area contributed by atoms with Gasteiger partial charge in [0.2, 0.25) is 23.6 Å². The summed E-state index contributed by atoms with van der Waals surface area (Å²) >= 11 is 0. The van der Waals surface area contributed by atoms with Crippen LogP contribution < -0.4 is 10.2 Å². The summed E-state index contributed by atoms with van der Waals surface area (Å²) < 4.78 is 40.7. The van der Waals surface area contributed by atoms with Gasteiger partial charge in [0.05, 0.1) is 0 Å². The Morgan fingerprint density at radius 2 is 1.18 bits per heavy atom. The molecule has 5 atom stereocenters. The van der Waals surface area contributed by atoms with Crippen molar-refractivity contribution in [2.24, 2.45) is 0 Å². The number of aromatic hydroxyl groups is 5. The molecule has 17 nitrogen and oxygen atoms in total. The Hall–Kier alpha value is -7.79. The first kappa shape index (κ1) is 41.8. The fourth-order valence-corrected chi connectivity index (χ4v) is 6.07. The molecule has 2 heterocycles. The lowest BCUT2D eigenvalue weighted by molar-refractivity contribution is -0.288. The smallest absolute Gasteiger partial charge is 0.331 e. The third kappa shape index (κ3) is 10.2. The van der Waals surface area contributed by atoms with Gasteiger partial charge < -0.3 is 58.4 Å². The minimum atomic E-state index is -1.94. The molecule has 1 fully saturated rings. The second-order valence-corrected chi connectivity index (χ2v) is 13.2. The van der Waals surface area contributed by atoms with E-state index in [1.54, 1.807) is 0 Å². The summed E-state index contributed by atoms with van der Waals surface area (Å²) in [5, 5.41) is 49.6. The van der Waals surface area contributed by atoms with Crippen LogP contribution in [0.1, 0.15) is 25.0 Å². The maximum Gasteiger partial charge on any atom is 0.331 e. The largest absolute Gasteiger partial charge is 0.508 e. The topological polar surface area (TPSA) is 255 Å². The van der Waals surface area contributed by atoms with Gasteiger partial charge in [0.25, 0.3) is 0 Å². The molecule has 4 aromatic carbocycles. The number of ether oxygens (including phenoxy) is 6. The maximum absolute atomic E-state index is 14.2. The van der Waals surface area contributed by atoms with E-state index >= 15 is 0 Å². The van der Waals surface area contributed by atoms with Crippen LogP contribution >= 0.6 is 0 Å². The van der Waals surface area contributed by atoms with Gasteiger partial charge in [0.1, 0.15) is 52.4 Å². The number of hydrogen-bond acceptors (Lipinski definition) is 17. The number of phenols is 5. The van der Waals surface area contributed by atoms with Crippen LogP contribution in [0.2, 0.25) is 0 Å². The molecule has 6 rings (SSSR count). The standard InChI is InChI=1S/C43H36O17/c1-22(44)55-41-39(59-35(52)18-8-25-5-13-28(47)14-6-25)33(21-54-34(51)17-7-24-3-11-27(46)12-4-24)58-43(42(41)56-23(2)45)60-40-37(53)36-31(50)19-30(49)20-32(36)57-38(40)26-9-15-29(48)16-10-26/h3-20,33,39,41-43,46-50H,21H2,1-2H3/t33-,39-,41-,42+,43-/m1/s1. The minimum absolute atomic E-state index is 0.00147. The van der Waals surface area contributed by atoms with E-state index in [2.05, 4.69) is 0 Å². The molecule has 0 saturated carbocycles. The molecule has 5 N–H and O–H groups in total. The summed E-state index contributed by atoms with van der Waals surface area (Å²) in [6.45, 7) is 1.30. The first-order chi connectivity index (χ1) is 28.6. The van der Waals surface area contributed by atoms with Crippen molar-refractivity contribution in [1.82, 2.24) is 0 Å². The van der Waals surface area contributed by atoms with Crippen molar-refractivity contribution in [3.8, 4) is 45.8 Å². The molecule has 0 bridgehead atoms. The summed E-state index contributed by atoms with van der Waals surface area (Å²) in [7, 11) is 0. The second-order valence-electron chi connectivity index (χ2n) is 13.2. The Labute approximate surface area is 339 Å². The van der Waals surface area contributed by atoms with Crippen LogP contribution in [0, 0.1) is 0 Å². The van der Waals surface area contributed by atoms with Crippen molar-refractivity contribution < 1.29 is 77.5 Å². The number of esters is 4. The lowest BCUT2D eigenvalue weighted by Gasteiger charge is -2.43. The van der Waals surface area contributed by atoms with Crippen molar-refractivity contribution in [3.63, 3.8) is 0 Å². The molecular weight excluding hydrogens is 788 g/mol. The van der Waals surface area contributed by atoms with Gasteiger partial charge in [-0.15, -0.1) is 0 Å². The summed E-state index contributed by atoms with van der Waals surface area (Å²) in [5.74, 6) is -6.15. The minimum Gasteiger partial charge on any atom is -0.508 e. The van der Waals surface area contributed by atoms with Gasteiger partial charge in [0.15, 0.2) is 18.0 Å². The van der Waals surface area contributed by atoms with Gasteiger partial charge in [-0.05, 0) is 71.8 Å². The Kier molecular flexibility index (Phi) is 12.7. The number of carbonyl (C=O) groups is 4. The zero-order valence-corrected chi connectivity index (χ0v) is 31.6. The second kappa shape index (κ2) is 18.2. The Morgan fingerprint density at radius 1 is 0.650 bits per heavy atom. The first-order valence-electron chi connectivity index (χ1n) is 18.0. The third-order valence-corrected chi connectivity index (χ3v) is 8.73. The number of fused-ring (bicyclic) bond motifs is 1. The monoisotopic (exact) mass is 824 g/mol. The normalized spacial score (nSPS) is 18.9. The van der Waals surface area contributed by atoms with Crippen molar-refractivity contribution in [2.45, 2.75) is 44.6 Å². The van der Waals surface area contributed by atoms with Crippen molar-refractivity contribution in [2.75, 3.05) is 6.61 Å². The fraction of sp³-hybridized carbons (Fsp3) is 0.186. The lowest BCUT2D eigenvalue weighted by atomic mass is 9.98. The number of carbonyl (C=O) groups excluding carboxylic acids is 4. The van der Waals surface area contributed by atoms with E-state index in [4.69, 9.17) is 32.8 Å². The van der Waals surface area contributed by atoms with Crippen LogP contribution in [-0.2, 0) is 42.9 Å². The van der Waals surface area contributed by atoms with Crippen molar-refractivity contribution in [3.05, 3.63) is 118 Å². The van der Waals surface area contributed by atoms with Crippen LogP contribution in [0.25, 0.3) is 34.4 Å². The zero-order valence-electron chi connectivity index (χ0n) is 31.6.